The molecule has 2 fully saturated rings. The molecule has 1 aliphatic carbocycles. The van der Waals surface area contributed by atoms with E-state index >= 15 is 0 Å². The molecule has 1 atom stereocenters. The zero-order valence-electron chi connectivity index (χ0n) is 9.87. The quantitative estimate of drug-likeness (QED) is 0.774. The average Bonchev–Trinajstić information content (AvgIpc) is 2.63. The van der Waals surface area contributed by atoms with Crippen molar-refractivity contribution in [3.05, 3.63) is 0 Å². The van der Waals surface area contributed by atoms with E-state index in [0.717, 1.165) is 25.8 Å². The molecule has 90 valence electrons. The van der Waals surface area contributed by atoms with Gasteiger partial charge in [0.2, 0.25) is 11.8 Å². The van der Waals surface area contributed by atoms with E-state index in [9.17, 15) is 9.59 Å². The van der Waals surface area contributed by atoms with Crippen molar-refractivity contribution in [3.8, 4) is 0 Å². The van der Waals surface area contributed by atoms with Crippen molar-refractivity contribution < 1.29 is 9.59 Å². The lowest BCUT2D eigenvalue weighted by Gasteiger charge is -2.29. The molecule has 0 radical (unpaired) electrons. The molecule has 1 saturated carbocycles. The number of hydrogen-bond acceptors (Lipinski definition) is 2. The summed E-state index contributed by atoms with van der Waals surface area (Å²) in [4.78, 5) is 25.1. The van der Waals surface area contributed by atoms with Crippen LogP contribution in [0.4, 0.5) is 0 Å². The Kier molecular flexibility index (Phi) is 3.46. The maximum atomic E-state index is 11.9. The van der Waals surface area contributed by atoms with Crippen LogP contribution in [-0.2, 0) is 9.59 Å². The van der Waals surface area contributed by atoms with Gasteiger partial charge >= 0.3 is 0 Å². The first-order valence-electron chi connectivity index (χ1n) is 6.29. The summed E-state index contributed by atoms with van der Waals surface area (Å²) in [5.74, 6) is 0.670. The highest BCUT2D eigenvalue weighted by atomic mass is 16.2. The summed E-state index contributed by atoms with van der Waals surface area (Å²) in [6, 6.07) is 0.177. The highest BCUT2D eigenvalue weighted by Gasteiger charge is 2.33. The topological polar surface area (TPSA) is 49.4 Å². The molecule has 0 aromatic rings. The van der Waals surface area contributed by atoms with Crippen molar-refractivity contribution in [1.82, 2.24) is 10.2 Å². The first kappa shape index (κ1) is 11.4. The van der Waals surface area contributed by atoms with Gasteiger partial charge in [0.25, 0.3) is 0 Å². The van der Waals surface area contributed by atoms with Gasteiger partial charge in [-0.1, -0.05) is 13.3 Å². The number of likely N-dealkylation sites (tertiary alicyclic amines) is 1. The van der Waals surface area contributed by atoms with Crippen LogP contribution in [0.25, 0.3) is 0 Å². The van der Waals surface area contributed by atoms with Crippen molar-refractivity contribution in [2.45, 2.75) is 45.1 Å². The molecule has 0 unspecified atom stereocenters. The van der Waals surface area contributed by atoms with Gasteiger partial charge in [-0.2, -0.15) is 0 Å². The summed E-state index contributed by atoms with van der Waals surface area (Å²) in [7, 11) is 0. The lowest BCUT2D eigenvalue weighted by atomic mass is 9.84. The maximum absolute atomic E-state index is 11.9. The van der Waals surface area contributed by atoms with E-state index in [4.69, 9.17) is 0 Å². The second kappa shape index (κ2) is 4.85. The summed E-state index contributed by atoms with van der Waals surface area (Å²) >= 11 is 0. The largest absolute Gasteiger partial charge is 0.352 e. The SMILES string of the molecule is CCC(=O)N[C@H]1CCN(C(=O)C2CCC2)C1. The van der Waals surface area contributed by atoms with Crippen LogP contribution in [0.2, 0.25) is 0 Å². The molecule has 0 spiro atoms. The Bertz CT molecular complexity index is 287. The number of rotatable bonds is 3. The van der Waals surface area contributed by atoms with Crippen LogP contribution in [-0.4, -0.2) is 35.8 Å². The molecule has 0 aromatic carbocycles. The molecule has 1 aliphatic heterocycles. The minimum absolute atomic E-state index is 0.0861. The van der Waals surface area contributed by atoms with Crippen LogP contribution >= 0.6 is 0 Å². The van der Waals surface area contributed by atoms with Gasteiger partial charge in [0.05, 0.1) is 0 Å². The minimum atomic E-state index is 0.0861. The Balaban J connectivity index is 1.78. The van der Waals surface area contributed by atoms with Crippen molar-refractivity contribution in [2.75, 3.05) is 13.1 Å². The third kappa shape index (κ3) is 2.36. The maximum Gasteiger partial charge on any atom is 0.225 e. The predicted molar refractivity (Wildman–Crippen MR) is 60.8 cm³/mol. The van der Waals surface area contributed by atoms with Crippen LogP contribution in [0, 0.1) is 5.92 Å². The van der Waals surface area contributed by atoms with Gasteiger partial charge in [-0.15, -0.1) is 0 Å². The summed E-state index contributed by atoms with van der Waals surface area (Å²) in [6.45, 7) is 3.37. The number of carbonyl (C=O) groups excluding carboxylic acids is 2. The van der Waals surface area contributed by atoms with Crippen LogP contribution < -0.4 is 5.32 Å². The Hall–Kier alpha value is -1.06. The van der Waals surface area contributed by atoms with Crippen LogP contribution in [0.15, 0.2) is 0 Å². The second-order valence-corrected chi connectivity index (χ2v) is 4.82. The molecule has 1 saturated heterocycles. The molecule has 4 heteroatoms. The molecule has 1 heterocycles. The Labute approximate surface area is 96.4 Å². The van der Waals surface area contributed by atoms with Crippen molar-refractivity contribution in [2.24, 2.45) is 5.92 Å². The van der Waals surface area contributed by atoms with E-state index in [0.29, 0.717) is 18.9 Å². The van der Waals surface area contributed by atoms with E-state index in [2.05, 4.69) is 5.32 Å². The van der Waals surface area contributed by atoms with Gasteiger partial charge in [0, 0.05) is 31.5 Å². The second-order valence-electron chi connectivity index (χ2n) is 4.82. The van der Waals surface area contributed by atoms with Gasteiger partial charge in [0.1, 0.15) is 0 Å². The van der Waals surface area contributed by atoms with E-state index < -0.39 is 0 Å². The van der Waals surface area contributed by atoms with Gasteiger partial charge in [-0.25, -0.2) is 0 Å². The predicted octanol–water partition coefficient (Wildman–Crippen LogP) is 0.914. The molecule has 0 bridgehead atoms. The van der Waals surface area contributed by atoms with Crippen LogP contribution in [0.1, 0.15) is 39.0 Å². The van der Waals surface area contributed by atoms with Gasteiger partial charge in [-0.05, 0) is 19.3 Å². The summed E-state index contributed by atoms with van der Waals surface area (Å²) in [5, 5.41) is 2.96. The fourth-order valence-electron chi connectivity index (χ4n) is 2.32. The van der Waals surface area contributed by atoms with Crippen LogP contribution in [0.5, 0.6) is 0 Å². The van der Waals surface area contributed by atoms with Crippen molar-refractivity contribution in [1.29, 1.82) is 0 Å². The smallest absolute Gasteiger partial charge is 0.225 e. The van der Waals surface area contributed by atoms with E-state index in [1.165, 1.54) is 6.42 Å². The summed E-state index contributed by atoms with van der Waals surface area (Å²) in [5.41, 5.74) is 0. The van der Waals surface area contributed by atoms with Crippen LogP contribution in [0.3, 0.4) is 0 Å². The van der Waals surface area contributed by atoms with Gasteiger partial charge in [-0.3, -0.25) is 9.59 Å². The van der Waals surface area contributed by atoms with Crippen molar-refractivity contribution in [3.63, 3.8) is 0 Å². The fourth-order valence-corrected chi connectivity index (χ4v) is 2.32. The summed E-state index contributed by atoms with van der Waals surface area (Å²) < 4.78 is 0. The third-order valence-electron chi connectivity index (χ3n) is 3.64. The Morgan fingerprint density at radius 1 is 1.31 bits per heavy atom. The number of carbonyl (C=O) groups is 2. The monoisotopic (exact) mass is 224 g/mol. The molecule has 1 N–H and O–H groups in total. The third-order valence-corrected chi connectivity index (χ3v) is 3.64. The van der Waals surface area contributed by atoms with Gasteiger partial charge < -0.3 is 10.2 Å². The molecule has 2 rings (SSSR count). The zero-order valence-corrected chi connectivity index (χ0v) is 9.87. The Morgan fingerprint density at radius 2 is 2.06 bits per heavy atom. The summed E-state index contributed by atoms with van der Waals surface area (Å²) in [6.07, 6.45) is 4.74. The highest BCUT2D eigenvalue weighted by Crippen LogP contribution is 2.29. The number of amides is 2. The number of hydrogen-bond donors (Lipinski definition) is 1. The molecule has 0 aromatic heterocycles. The molecular formula is C12H20N2O2. The number of nitrogens with one attached hydrogen (secondary N) is 1. The minimum Gasteiger partial charge on any atom is -0.352 e. The van der Waals surface area contributed by atoms with E-state index in [1.807, 2.05) is 11.8 Å². The first-order valence-corrected chi connectivity index (χ1v) is 6.29. The first-order chi connectivity index (χ1) is 7.70. The van der Waals surface area contributed by atoms with E-state index in [-0.39, 0.29) is 17.9 Å². The number of nitrogens with zero attached hydrogens (tertiary/aromatic N) is 1. The average molecular weight is 224 g/mol. The molecular weight excluding hydrogens is 204 g/mol. The lowest BCUT2D eigenvalue weighted by Crippen LogP contribution is -2.41. The van der Waals surface area contributed by atoms with Crippen molar-refractivity contribution >= 4 is 11.8 Å². The lowest BCUT2D eigenvalue weighted by molar-refractivity contribution is -0.137. The highest BCUT2D eigenvalue weighted by molar-refractivity contribution is 5.80. The Morgan fingerprint density at radius 3 is 2.62 bits per heavy atom. The van der Waals surface area contributed by atoms with E-state index in [1.54, 1.807) is 0 Å². The fraction of sp³-hybridized carbons (Fsp3) is 0.833. The zero-order chi connectivity index (χ0) is 11.5. The molecule has 16 heavy (non-hydrogen) atoms. The molecule has 4 nitrogen and oxygen atoms in total. The normalized spacial score (nSPS) is 25.3. The molecule has 2 aliphatic rings. The standard InChI is InChI=1S/C12H20N2O2/c1-2-11(15)13-10-6-7-14(8-10)12(16)9-4-3-5-9/h9-10H,2-8H2,1H3,(H,13,15)/t10-/m0/s1. The molecule has 2 amide bonds. The van der Waals surface area contributed by atoms with Gasteiger partial charge in [0.15, 0.2) is 0 Å².